The van der Waals surface area contributed by atoms with Crippen molar-refractivity contribution in [2.75, 3.05) is 13.7 Å². The number of hydrogen-bond acceptors (Lipinski definition) is 2. The van der Waals surface area contributed by atoms with Crippen LogP contribution < -0.4 is 5.32 Å². The Hall–Kier alpha value is -0.280. The van der Waals surface area contributed by atoms with Crippen molar-refractivity contribution in [2.24, 2.45) is 0 Å². The Bertz CT molecular complexity index is 401. The minimum absolute atomic E-state index is 0.117. The van der Waals surface area contributed by atoms with Gasteiger partial charge in [-0.3, -0.25) is 0 Å². The van der Waals surface area contributed by atoms with E-state index in [0.29, 0.717) is 10.0 Å². The van der Waals surface area contributed by atoms with Gasteiger partial charge in [0.1, 0.15) is 0 Å². The first-order valence-corrected chi connectivity index (χ1v) is 7.88. The number of hydrogen-bond donors (Lipinski definition) is 1. The Labute approximate surface area is 132 Å². The Morgan fingerprint density at radius 2 is 1.80 bits per heavy atom. The van der Waals surface area contributed by atoms with Gasteiger partial charge in [0.15, 0.2) is 0 Å². The molecule has 0 amide bonds. The average molecular weight is 318 g/mol. The highest BCUT2D eigenvalue weighted by Gasteiger charge is 2.20. The Balaban J connectivity index is 2.82. The van der Waals surface area contributed by atoms with Gasteiger partial charge in [-0.1, -0.05) is 30.1 Å². The molecule has 2 nitrogen and oxygen atoms in total. The lowest BCUT2D eigenvalue weighted by atomic mass is 9.95. The molecule has 0 radical (unpaired) electrons. The molecule has 0 aliphatic carbocycles. The van der Waals surface area contributed by atoms with Crippen LogP contribution in [0.4, 0.5) is 0 Å². The van der Waals surface area contributed by atoms with Crippen molar-refractivity contribution < 1.29 is 4.74 Å². The molecule has 1 N–H and O–H groups in total. The number of benzene rings is 1. The molecule has 114 valence electrons. The molecule has 0 aliphatic heterocycles. The second kappa shape index (κ2) is 8.23. The third-order valence-electron chi connectivity index (χ3n) is 3.52. The van der Waals surface area contributed by atoms with E-state index in [-0.39, 0.29) is 11.6 Å². The molecule has 0 fully saturated rings. The van der Waals surface area contributed by atoms with Gasteiger partial charge in [0.05, 0.1) is 5.60 Å². The summed E-state index contributed by atoms with van der Waals surface area (Å²) in [7, 11) is 1.75. The summed E-state index contributed by atoms with van der Waals surface area (Å²) < 4.78 is 5.50. The first-order valence-electron chi connectivity index (χ1n) is 7.12. The molecule has 20 heavy (non-hydrogen) atoms. The van der Waals surface area contributed by atoms with Crippen molar-refractivity contribution in [1.82, 2.24) is 5.32 Å². The third-order valence-corrected chi connectivity index (χ3v) is 3.95. The average Bonchev–Trinajstić information content (AvgIpc) is 2.37. The summed E-state index contributed by atoms with van der Waals surface area (Å²) in [6.45, 7) is 7.35. The third kappa shape index (κ3) is 6.01. The van der Waals surface area contributed by atoms with Crippen LogP contribution in [0.1, 0.15) is 51.6 Å². The van der Waals surface area contributed by atoms with Gasteiger partial charge in [-0.25, -0.2) is 0 Å². The minimum atomic E-state index is -0.117. The Kier molecular flexibility index (Phi) is 7.32. The molecule has 1 aromatic carbocycles. The first kappa shape index (κ1) is 17.8. The zero-order valence-electron chi connectivity index (χ0n) is 12.8. The van der Waals surface area contributed by atoms with Crippen LogP contribution in [-0.4, -0.2) is 19.3 Å². The van der Waals surface area contributed by atoms with Crippen LogP contribution in [0.15, 0.2) is 18.2 Å². The van der Waals surface area contributed by atoms with Crippen LogP contribution in [0.2, 0.25) is 10.0 Å². The van der Waals surface area contributed by atoms with E-state index in [1.807, 2.05) is 12.1 Å². The zero-order chi connectivity index (χ0) is 15.2. The maximum atomic E-state index is 6.11. The highest BCUT2D eigenvalue weighted by molar-refractivity contribution is 6.34. The van der Waals surface area contributed by atoms with Gasteiger partial charge in [-0.05, 0) is 63.4 Å². The molecule has 0 saturated heterocycles. The lowest BCUT2D eigenvalue weighted by molar-refractivity contribution is 0.0117. The summed E-state index contributed by atoms with van der Waals surface area (Å²) in [4.78, 5) is 0. The predicted octanol–water partition coefficient (Wildman–Crippen LogP) is 5.24. The van der Waals surface area contributed by atoms with Gasteiger partial charge < -0.3 is 10.1 Å². The summed E-state index contributed by atoms with van der Waals surface area (Å²) in [5, 5.41) is 4.93. The summed E-state index contributed by atoms with van der Waals surface area (Å²) in [5.41, 5.74) is 1.02. The van der Waals surface area contributed by atoms with Crippen LogP contribution in [0.3, 0.4) is 0 Å². The fourth-order valence-corrected chi connectivity index (χ4v) is 2.62. The highest BCUT2D eigenvalue weighted by atomic mass is 35.5. The lowest BCUT2D eigenvalue weighted by Gasteiger charge is -2.27. The van der Waals surface area contributed by atoms with Crippen molar-refractivity contribution in [1.29, 1.82) is 0 Å². The van der Waals surface area contributed by atoms with E-state index in [9.17, 15) is 0 Å². The molecule has 0 aliphatic rings. The highest BCUT2D eigenvalue weighted by Crippen LogP contribution is 2.28. The standard InChI is InChI=1S/C16H25Cl2NO/c1-5-8-19-15(6-7-16(2,3)20-4)12-9-13(17)11-14(18)10-12/h9-11,15,19H,5-8H2,1-4H3. The van der Waals surface area contributed by atoms with E-state index in [1.165, 1.54) is 0 Å². The summed E-state index contributed by atoms with van der Waals surface area (Å²) in [6, 6.07) is 5.99. The number of nitrogens with one attached hydrogen (secondary N) is 1. The van der Waals surface area contributed by atoms with Gasteiger partial charge in [-0.15, -0.1) is 0 Å². The molecule has 0 saturated carbocycles. The normalized spacial score (nSPS) is 13.5. The number of rotatable bonds is 8. The van der Waals surface area contributed by atoms with Crippen LogP contribution >= 0.6 is 23.2 Å². The Morgan fingerprint density at radius 1 is 1.20 bits per heavy atom. The minimum Gasteiger partial charge on any atom is -0.379 e. The van der Waals surface area contributed by atoms with E-state index in [4.69, 9.17) is 27.9 Å². The maximum Gasteiger partial charge on any atom is 0.0623 e. The van der Waals surface area contributed by atoms with E-state index in [0.717, 1.165) is 31.4 Å². The molecule has 0 spiro atoms. The van der Waals surface area contributed by atoms with E-state index < -0.39 is 0 Å². The maximum absolute atomic E-state index is 6.11. The molecule has 0 heterocycles. The van der Waals surface area contributed by atoms with Crippen LogP contribution in [0.5, 0.6) is 0 Å². The first-order chi connectivity index (χ1) is 9.38. The Morgan fingerprint density at radius 3 is 2.30 bits per heavy atom. The fraction of sp³-hybridized carbons (Fsp3) is 0.625. The van der Waals surface area contributed by atoms with Crippen molar-refractivity contribution >= 4 is 23.2 Å². The molecule has 4 heteroatoms. The molecule has 0 bridgehead atoms. The van der Waals surface area contributed by atoms with Crippen molar-refractivity contribution in [3.63, 3.8) is 0 Å². The summed E-state index contributed by atoms with van der Waals surface area (Å²) in [6.07, 6.45) is 3.05. The van der Waals surface area contributed by atoms with Crippen molar-refractivity contribution in [3.05, 3.63) is 33.8 Å². The molecular formula is C16H25Cl2NO. The molecule has 1 rings (SSSR count). The second-order valence-electron chi connectivity index (χ2n) is 5.71. The van der Waals surface area contributed by atoms with Crippen LogP contribution in [0, 0.1) is 0 Å². The van der Waals surface area contributed by atoms with E-state index in [2.05, 4.69) is 26.1 Å². The smallest absolute Gasteiger partial charge is 0.0623 e. The predicted molar refractivity (Wildman–Crippen MR) is 87.8 cm³/mol. The van der Waals surface area contributed by atoms with Gasteiger partial charge in [0.2, 0.25) is 0 Å². The van der Waals surface area contributed by atoms with Crippen LogP contribution in [0.25, 0.3) is 0 Å². The quantitative estimate of drug-likeness (QED) is 0.708. The molecule has 1 aromatic rings. The number of ether oxygens (including phenoxy) is 1. The SMILES string of the molecule is CCCNC(CCC(C)(C)OC)c1cc(Cl)cc(Cl)c1. The summed E-state index contributed by atoms with van der Waals surface area (Å²) >= 11 is 12.2. The molecule has 0 aromatic heterocycles. The molecular weight excluding hydrogens is 293 g/mol. The number of halogens is 2. The monoisotopic (exact) mass is 317 g/mol. The summed E-state index contributed by atoms with van der Waals surface area (Å²) in [5.74, 6) is 0. The van der Waals surface area contributed by atoms with Gasteiger partial charge in [0.25, 0.3) is 0 Å². The fourth-order valence-electron chi connectivity index (χ4n) is 2.08. The molecule has 1 atom stereocenters. The van der Waals surface area contributed by atoms with Gasteiger partial charge in [-0.2, -0.15) is 0 Å². The van der Waals surface area contributed by atoms with Gasteiger partial charge >= 0.3 is 0 Å². The van der Waals surface area contributed by atoms with E-state index in [1.54, 1.807) is 13.2 Å². The molecule has 1 unspecified atom stereocenters. The largest absolute Gasteiger partial charge is 0.379 e. The van der Waals surface area contributed by atoms with Crippen molar-refractivity contribution in [2.45, 2.75) is 51.7 Å². The van der Waals surface area contributed by atoms with Crippen molar-refractivity contribution in [3.8, 4) is 0 Å². The zero-order valence-corrected chi connectivity index (χ0v) is 14.3. The van der Waals surface area contributed by atoms with E-state index >= 15 is 0 Å². The lowest BCUT2D eigenvalue weighted by Crippen LogP contribution is -2.28. The second-order valence-corrected chi connectivity index (χ2v) is 6.58. The number of methoxy groups -OCH3 is 1. The topological polar surface area (TPSA) is 21.3 Å². The van der Waals surface area contributed by atoms with Crippen LogP contribution in [-0.2, 0) is 4.74 Å². The van der Waals surface area contributed by atoms with Gasteiger partial charge in [0, 0.05) is 23.2 Å².